The van der Waals surface area contributed by atoms with Gasteiger partial charge in [0.15, 0.2) is 0 Å². The lowest BCUT2D eigenvalue weighted by atomic mass is 10.2. The maximum absolute atomic E-state index is 11.7. The summed E-state index contributed by atoms with van der Waals surface area (Å²) in [6.45, 7) is 0.169. The SMILES string of the molecule is O=C(OC/C=C/c1ccccc1)c1ccccc1O. The fourth-order valence-electron chi connectivity index (χ4n) is 1.60. The summed E-state index contributed by atoms with van der Waals surface area (Å²) in [5.74, 6) is -0.602. The van der Waals surface area contributed by atoms with Gasteiger partial charge in [-0.25, -0.2) is 4.79 Å². The number of esters is 1. The topological polar surface area (TPSA) is 46.5 Å². The lowest BCUT2D eigenvalue weighted by Gasteiger charge is -2.03. The standard InChI is InChI=1S/C16H14O3/c17-15-11-5-4-10-14(15)16(18)19-12-6-9-13-7-2-1-3-8-13/h1-11,17H,12H2/b9-6+. The van der Waals surface area contributed by atoms with Gasteiger partial charge in [0.1, 0.15) is 17.9 Å². The van der Waals surface area contributed by atoms with E-state index < -0.39 is 5.97 Å². The Balaban J connectivity index is 1.88. The van der Waals surface area contributed by atoms with Gasteiger partial charge < -0.3 is 9.84 Å². The Bertz CT molecular complexity index is 574. The minimum Gasteiger partial charge on any atom is -0.507 e. The van der Waals surface area contributed by atoms with E-state index in [1.807, 2.05) is 36.4 Å². The van der Waals surface area contributed by atoms with Gasteiger partial charge in [-0.05, 0) is 23.8 Å². The second-order valence-electron chi connectivity index (χ2n) is 3.93. The predicted octanol–water partition coefficient (Wildman–Crippen LogP) is 3.26. The number of phenols is 1. The second kappa shape index (κ2) is 6.40. The van der Waals surface area contributed by atoms with E-state index in [0.29, 0.717) is 0 Å². The van der Waals surface area contributed by atoms with Crippen LogP contribution in [0, 0.1) is 0 Å². The monoisotopic (exact) mass is 254 g/mol. The Morgan fingerprint density at radius 2 is 1.74 bits per heavy atom. The fraction of sp³-hybridized carbons (Fsp3) is 0.0625. The zero-order valence-electron chi connectivity index (χ0n) is 10.3. The first-order valence-electron chi connectivity index (χ1n) is 5.94. The molecule has 0 aliphatic rings. The largest absolute Gasteiger partial charge is 0.507 e. The molecule has 0 radical (unpaired) electrons. The Labute approximate surface area is 111 Å². The summed E-state index contributed by atoms with van der Waals surface area (Å²) in [6, 6.07) is 16.0. The fourth-order valence-corrected chi connectivity index (χ4v) is 1.60. The number of carbonyl (C=O) groups is 1. The van der Waals surface area contributed by atoms with Crippen LogP contribution in [0.1, 0.15) is 15.9 Å². The number of para-hydroxylation sites is 1. The van der Waals surface area contributed by atoms with Crippen molar-refractivity contribution in [1.29, 1.82) is 0 Å². The van der Waals surface area contributed by atoms with Gasteiger partial charge in [-0.2, -0.15) is 0 Å². The summed E-state index contributed by atoms with van der Waals surface area (Å²) in [5.41, 5.74) is 1.22. The molecule has 3 nitrogen and oxygen atoms in total. The molecular formula is C16H14O3. The van der Waals surface area contributed by atoms with E-state index in [4.69, 9.17) is 4.74 Å². The van der Waals surface area contributed by atoms with E-state index in [2.05, 4.69) is 0 Å². The normalized spacial score (nSPS) is 10.5. The number of carbonyl (C=O) groups excluding carboxylic acids is 1. The first-order valence-corrected chi connectivity index (χ1v) is 5.94. The zero-order chi connectivity index (χ0) is 13.5. The highest BCUT2D eigenvalue weighted by Crippen LogP contribution is 2.16. The van der Waals surface area contributed by atoms with E-state index in [1.165, 1.54) is 12.1 Å². The van der Waals surface area contributed by atoms with Crippen LogP contribution >= 0.6 is 0 Å². The third-order valence-corrected chi connectivity index (χ3v) is 2.54. The molecule has 2 aromatic rings. The van der Waals surface area contributed by atoms with Crippen LogP contribution in [0.25, 0.3) is 6.08 Å². The van der Waals surface area contributed by atoms with Crippen molar-refractivity contribution in [3.63, 3.8) is 0 Å². The molecule has 0 saturated carbocycles. The van der Waals surface area contributed by atoms with E-state index in [1.54, 1.807) is 18.2 Å². The van der Waals surface area contributed by atoms with Crippen LogP contribution in [0.3, 0.4) is 0 Å². The van der Waals surface area contributed by atoms with Crippen LogP contribution in [0.5, 0.6) is 5.75 Å². The summed E-state index contributed by atoms with van der Waals surface area (Å²) in [5, 5.41) is 9.50. The third kappa shape index (κ3) is 3.71. The van der Waals surface area contributed by atoms with Crippen LogP contribution in [0.15, 0.2) is 60.7 Å². The van der Waals surface area contributed by atoms with Gasteiger partial charge in [0.05, 0.1) is 0 Å². The molecule has 0 fully saturated rings. The number of benzene rings is 2. The van der Waals surface area contributed by atoms with Crippen molar-refractivity contribution >= 4 is 12.0 Å². The van der Waals surface area contributed by atoms with Gasteiger partial charge in [-0.1, -0.05) is 48.5 Å². The molecule has 0 unspecified atom stereocenters. The van der Waals surface area contributed by atoms with Crippen LogP contribution in [-0.4, -0.2) is 17.7 Å². The highest BCUT2D eigenvalue weighted by molar-refractivity contribution is 5.92. The van der Waals surface area contributed by atoms with Gasteiger partial charge in [0, 0.05) is 0 Å². The zero-order valence-corrected chi connectivity index (χ0v) is 10.3. The quantitative estimate of drug-likeness (QED) is 0.852. The summed E-state index contributed by atoms with van der Waals surface area (Å²) in [4.78, 5) is 11.7. The Morgan fingerprint density at radius 3 is 2.47 bits per heavy atom. The first-order chi connectivity index (χ1) is 9.27. The van der Waals surface area contributed by atoms with Crippen LogP contribution in [-0.2, 0) is 4.74 Å². The average molecular weight is 254 g/mol. The molecule has 19 heavy (non-hydrogen) atoms. The van der Waals surface area contributed by atoms with E-state index >= 15 is 0 Å². The number of phenolic OH excluding ortho intramolecular Hbond substituents is 1. The maximum atomic E-state index is 11.7. The van der Waals surface area contributed by atoms with E-state index in [9.17, 15) is 9.90 Å². The molecule has 3 heteroatoms. The molecule has 96 valence electrons. The number of rotatable bonds is 4. The van der Waals surface area contributed by atoms with E-state index in [0.717, 1.165) is 5.56 Å². The first kappa shape index (κ1) is 12.9. The van der Waals surface area contributed by atoms with Crippen LogP contribution < -0.4 is 0 Å². The van der Waals surface area contributed by atoms with Crippen molar-refractivity contribution in [3.05, 3.63) is 71.8 Å². The summed E-state index contributed by atoms with van der Waals surface area (Å²) >= 11 is 0. The van der Waals surface area contributed by atoms with Crippen molar-refractivity contribution in [1.82, 2.24) is 0 Å². The molecule has 0 aromatic heterocycles. The molecule has 0 aliphatic carbocycles. The number of hydrogen-bond acceptors (Lipinski definition) is 3. The average Bonchev–Trinajstić information content (AvgIpc) is 2.45. The molecule has 2 aromatic carbocycles. The third-order valence-electron chi connectivity index (χ3n) is 2.54. The summed E-state index contributed by atoms with van der Waals surface area (Å²) in [6.07, 6.45) is 3.63. The molecule has 0 atom stereocenters. The lowest BCUT2D eigenvalue weighted by Crippen LogP contribution is -2.05. The minimum atomic E-state index is -0.532. The molecule has 0 amide bonds. The Morgan fingerprint density at radius 1 is 1.05 bits per heavy atom. The molecular weight excluding hydrogens is 240 g/mol. The lowest BCUT2D eigenvalue weighted by molar-refractivity contribution is 0.0547. The van der Waals surface area contributed by atoms with Crippen LogP contribution in [0.4, 0.5) is 0 Å². The molecule has 0 bridgehead atoms. The number of ether oxygens (including phenoxy) is 1. The van der Waals surface area contributed by atoms with Crippen molar-refractivity contribution in [2.75, 3.05) is 6.61 Å². The molecule has 1 N–H and O–H groups in total. The smallest absolute Gasteiger partial charge is 0.342 e. The second-order valence-corrected chi connectivity index (χ2v) is 3.93. The molecule has 0 aliphatic heterocycles. The van der Waals surface area contributed by atoms with Gasteiger partial charge in [0.2, 0.25) is 0 Å². The van der Waals surface area contributed by atoms with Crippen molar-refractivity contribution in [2.45, 2.75) is 0 Å². The molecule has 0 heterocycles. The Kier molecular flexibility index (Phi) is 4.34. The number of hydrogen-bond donors (Lipinski definition) is 1. The highest BCUT2D eigenvalue weighted by atomic mass is 16.5. The maximum Gasteiger partial charge on any atom is 0.342 e. The molecule has 0 spiro atoms. The summed E-state index contributed by atoms with van der Waals surface area (Å²) < 4.78 is 5.04. The van der Waals surface area contributed by atoms with Gasteiger partial charge in [-0.15, -0.1) is 0 Å². The van der Waals surface area contributed by atoms with Crippen LogP contribution in [0.2, 0.25) is 0 Å². The van der Waals surface area contributed by atoms with Crippen molar-refractivity contribution in [3.8, 4) is 5.75 Å². The van der Waals surface area contributed by atoms with Gasteiger partial charge >= 0.3 is 5.97 Å². The van der Waals surface area contributed by atoms with E-state index in [-0.39, 0.29) is 17.9 Å². The summed E-state index contributed by atoms with van der Waals surface area (Å²) in [7, 11) is 0. The highest BCUT2D eigenvalue weighted by Gasteiger charge is 2.10. The number of aromatic hydroxyl groups is 1. The van der Waals surface area contributed by atoms with Gasteiger partial charge in [-0.3, -0.25) is 0 Å². The molecule has 2 rings (SSSR count). The minimum absolute atomic E-state index is 0.0699. The predicted molar refractivity (Wildman–Crippen MR) is 73.9 cm³/mol. The van der Waals surface area contributed by atoms with Gasteiger partial charge in [0.25, 0.3) is 0 Å². The van der Waals surface area contributed by atoms with Crippen molar-refractivity contribution in [2.24, 2.45) is 0 Å². The van der Waals surface area contributed by atoms with Crippen molar-refractivity contribution < 1.29 is 14.6 Å². The Hall–Kier alpha value is -2.55. The molecule has 0 saturated heterocycles.